The molecule has 1 saturated heterocycles. The first-order valence-electron chi connectivity index (χ1n) is 9.17. The van der Waals surface area contributed by atoms with E-state index in [0.717, 1.165) is 11.3 Å². The van der Waals surface area contributed by atoms with Gasteiger partial charge in [0.15, 0.2) is 5.82 Å². The predicted molar refractivity (Wildman–Crippen MR) is 103 cm³/mol. The lowest BCUT2D eigenvalue weighted by Crippen LogP contribution is -2.41. The van der Waals surface area contributed by atoms with Crippen molar-refractivity contribution < 1.29 is 9.59 Å². The average Bonchev–Trinajstić information content (AvgIpc) is 3.29. The molecule has 0 unspecified atom stereocenters. The molecule has 1 aliphatic rings. The van der Waals surface area contributed by atoms with Crippen LogP contribution in [0.5, 0.6) is 0 Å². The van der Waals surface area contributed by atoms with Gasteiger partial charge in [-0.05, 0) is 49.2 Å². The molecule has 142 valence electrons. The van der Waals surface area contributed by atoms with Crippen molar-refractivity contribution in [1.29, 1.82) is 0 Å². The van der Waals surface area contributed by atoms with Gasteiger partial charge in [-0.3, -0.25) is 19.7 Å². The van der Waals surface area contributed by atoms with E-state index < -0.39 is 0 Å². The Labute approximate surface area is 162 Å². The Morgan fingerprint density at radius 3 is 2.46 bits per heavy atom. The van der Waals surface area contributed by atoms with Gasteiger partial charge in [-0.2, -0.15) is 5.10 Å². The number of nitrogens with zero attached hydrogens (tertiary/aromatic N) is 4. The maximum absolute atomic E-state index is 12.6. The minimum Gasteiger partial charge on any atom is -0.337 e. The number of likely N-dealkylation sites (tertiary alicyclic amines) is 1. The first kappa shape index (κ1) is 17.8. The number of carbonyl (C=O) groups is 2. The maximum atomic E-state index is 12.6. The number of hydrogen-bond donors (Lipinski definition) is 2. The Morgan fingerprint density at radius 2 is 1.82 bits per heavy atom. The molecule has 8 nitrogen and oxygen atoms in total. The third-order valence-corrected chi connectivity index (χ3v) is 4.88. The molecule has 3 aromatic rings. The highest BCUT2D eigenvalue weighted by Gasteiger charge is 2.28. The fourth-order valence-corrected chi connectivity index (χ4v) is 3.30. The number of aromatic amines is 1. The third-order valence-electron chi connectivity index (χ3n) is 4.88. The molecule has 2 aromatic heterocycles. The van der Waals surface area contributed by atoms with E-state index in [1.54, 1.807) is 29.3 Å². The number of carbonyl (C=O) groups excluding carboxylic acids is 2. The van der Waals surface area contributed by atoms with Crippen molar-refractivity contribution in [2.24, 2.45) is 5.92 Å². The Bertz CT molecular complexity index is 933. The first-order valence-corrected chi connectivity index (χ1v) is 9.17. The summed E-state index contributed by atoms with van der Waals surface area (Å²) in [6, 6.07) is 12.7. The number of H-pyrrole nitrogens is 1. The summed E-state index contributed by atoms with van der Waals surface area (Å²) < 4.78 is 0. The van der Waals surface area contributed by atoms with E-state index in [9.17, 15) is 9.59 Å². The number of nitrogens with one attached hydrogen (secondary N) is 2. The number of piperidine rings is 1. The van der Waals surface area contributed by atoms with Gasteiger partial charge in [0.2, 0.25) is 5.91 Å². The van der Waals surface area contributed by atoms with Crippen LogP contribution in [0, 0.1) is 5.92 Å². The lowest BCUT2D eigenvalue weighted by atomic mass is 9.95. The molecular weight excluding hydrogens is 356 g/mol. The summed E-state index contributed by atoms with van der Waals surface area (Å²) in [5, 5.41) is 9.59. The van der Waals surface area contributed by atoms with Crippen LogP contribution in [-0.2, 0) is 4.79 Å². The first-order chi connectivity index (χ1) is 13.7. The molecule has 2 N–H and O–H groups in total. The van der Waals surface area contributed by atoms with E-state index in [1.165, 1.54) is 6.33 Å². The van der Waals surface area contributed by atoms with Crippen LogP contribution in [0.2, 0.25) is 0 Å². The van der Waals surface area contributed by atoms with E-state index in [0.29, 0.717) is 37.4 Å². The minimum atomic E-state index is -0.110. The van der Waals surface area contributed by atoms with Gasteiger partial charge in [0.1, 0.15) is 12.0 Å². The van der Waals surface area contributed by atoms with E-state index in [1.807, 2.05) is 24.3 Å². The molecule has 1 fully saturated rings. The monoisotopic (exact) mass is 376 g/mol. The van der Waals surface area contributed by atoms with Crippen molar-refractivity contribution >= 4 is 17.5 Å². The van der Waals surface area contributed by atoms with Crippen molar-refractivity contribution in [1.82, 2.24) is 25.1 Å². The van der Waals surface area contributed by atoms with Crippen LogP contribution in [0.15, 0.2) is 55.0 Å². The van der Waals surface area contributed by atoms with Crippen LogP contribution in [0.1, 0.15) is 23.3 Å². The van der Waals surface area contributed by atoms with Crippen molar-refractivity contribution in [3.05, 3.63) is 60.7 Å². The van der Waals surface area contributed by atoms with Gasteiger partial charge in [0.05, 0.1) is 0 Å². The third kappa shape index (κ3) is 3.90. The highest BCUT2D eigenvalue weighted by atomic mass is 16.2. The fraction of sp³-hybridized carbons (Fsp3) is 0.250. The van der Waals surface area contributed by atoms with Gasteiger partial charge in [0.25, 0.3) is 5.91 Å². The molecule has 28 heavy (non-hydrogen) atoms. The zero-order valence-electron chi connectivity index (χ0n) is 15.2. The van der Waals surface area contributed by atoms with Crippen LogP contribution >= 0.6 is 0 Å². The number of anilines is 1. The number of hydrogen-bond acceptors (Lipinski definition) is 5. The van der Waals surface area contributed by atoms with Crippen molar-refractivity contribution in [3.8, 4) is 11.4 Å². The Balaban J connectivity index is 1.31. The molecule has 0 spiro atoms. The summed E-state index contributed by atoms with van der Waals surface area (Å²) in [7, 11) is 0. The summed E-state index contributed by atoms with van der Waals surface area (Å²) in [6.45, 7) is 1.11. The van der Waals surface area contributed by atoms with E-state index in [2.05, 4.69) is 25.5 Å². The summed E-state index contributed by atoms with van der Waals surface area (Å²) in [6.07, 6.45) is 4.35. The predicted octanol–water partition coefficient (Wildman–Crippen LogP) is 2.36. The van der Waals surface area contributed by atoms with E-state index in [-0.39, 0.29) is 17.7 Å². The smallest absolute Gasteiger partial charge is 0.272 e. The molecule has 0 saturated carbocycles. The van der Waals surface area contributed by atoms with Crippen LogP contribution in [-0.4, -0.2) is 50.0 Å². The quantitative estimate of drug-likeness (QED) is 0.727. The summed E-state index contributed by atoms with van der Waals surface area (Å²) in [5.74, 6) is 0.476. The van der Waals surface area contributed by atoms with Crippen molar-refractivity contribution in [2.75, 3.05) is 18.4 Å². The fourth-order valence-electron chi connectivity index (χ4n) is 3.30. The van der Waals surface area contributed by atoms with Gasteiger partial charge in [-0.1, -0.05) is 6.07 Å². The van der Waals surface area contributed by atoms with Gasteiger partial charge >= 0.3 is 0 Å². The number of pyridine rings is 1. The lowest BCUT2D eigenvalue weighted by Gasteiger charge is -2.31. The normalized spacial score (nSPS) is 14.6. The summed E-state index contributed by atoms with van der Waals surface area (Å²) in [5.41, 5.74) is 2.08. The van der Waals surface area contributed by atoms with Gasteiger partial charge in [0, 0.05) is 36.5 Å². The summed E-state index contributed by atoms with van der Waals surface area (Å²) in [4.78, 5) is 35.0. The molecule has 0 radical (unpaired) electrons. The maximum Gasteiger partial charge on any atom is 0.272 e. The number of aromatic nitrogens is 4. The molecule has 0 aliphatic carbocycles. The highest BCUT2D eigenvalue weighted by Crippen LogP contribution is 2.22. The Kier molecular flexibility index (Phi) is 5.09. The van der Waals surface area contributed by atoms with Gasteiger partial charge in [-0.15, -0.1) is 0 Å². The standard InChI is InChI=1S/C20H20N6O2/c27-19(24-16-6-4-14(5-7-16)18-22-13-23-25-18)15-8-11-26(12-9-15)20(28)17-3-1-2-10-21-17/h1-7,10,13,15H,8-9,11-12H2,(H,24,27)(H,22,23,25). The van der Waals surface area contributed by atoms with Crippen molar-refractivity contribution in [2.45, 2.75) is 12.8 Å². The zero-order chi connectivity index (χ0) is 19.3. The number of benzene rings is 1. The largest absolute Gasteiger partial charge is 0.337 e. The molecule has 8 heteroatoms. The molecule has 4 rings (SSSR count). The Hall–Kier alpha value is -3.55. The zero-order valence-corrected chi connectivity index (χ0v) is 15.2. The second-order valence-corrected chi connectivity index (χ2v) is 6.68. The second kappa shape index (κ2) is 7.99. The topological polar surface area (TPSA) is 104 Å². The number of rotatable bonds is 4. The molecule has 3 heterocycles. The molecule has 1 aromatic carbocycles. The number of amides is 2. The Morgan fingerprint density at radius 1 is 1.04 bits per heavy atom. The van der Waals surface area contributed by atoms with Crippen LogP contribution < -0.4 is 5.32 Å². The molecule has 2 amide bonds. The SMILES string of the molecule is O=C(Nc1ccc(-c2ncn[nH]2)cc1)C1CCN(C(=O)c2ccccn2)CC1. The molecular formula is C20H20N6O2. The van der Waals surface area contributed by atoms with Gasteiger partial charge in [-0.25, -0.2) is 4.98 Å². The van der Waals surface area contributed by atoms with Gasteiger partial charge < -0.3 is 10.2 Å². The van der Waals surface area contributed by atoms with Crippen LogP contribution in [0.25, 0.3) is 11.4 Å². The minimum absolute atomic E-state index is 0.0163. The summed E-state index contributed by atoms with van der Waals surface area (Å²) >= 11 is 0. The van der Waals surface area contributed by atoms with E-state index >= 15 is 0 Å². The second-order valence-electron chi connectivity index (χ2n) is 6.68. The lowest BCUT2D eigenvalue weighted by molar-refractivity contribution is -0.121. The highest BCUT2D eigenvalue weighted by molar-refractivity contribution is 5.94. The van der Waals surface area contributed by atoms with Crippen molar-refractivity contribution in [3.63, 3.8) is 0 Å². The van der Waals surface area contributed by atoms with Crippen LogP contribution in [0.3, 0.4) is 0 Å². The molecule has 1 aliphatic heterocycles. The molecule has 0 atom stereocenters. The van der Waals surface area contributed by atoms with Crippen LogP contribution in [0.4, 0.5) is 5.69 Å². The molecule has 0 bridgehead atoms. The van der Waals surface area contributed by atoms with E-state index in [4.69, 9.17) is 0 Å². The average molecular weight is 376 g/mol.